The van der Waals surface area contributed by atoms with Crippen LogP contribution in [0.25, 0.3) is 11.3 Å². The molecule has 1 amide bonds. The van der Waals surface area contributed by atoms with E-state index < -0.39 is 11.9 Å². The van der Waals surface area contributed by atoms with Crippen LogP contribution < -0.4 is 4.90 Å². The third kappa shape index (κ3) is 4.31. The smallest absolute Gasteiger partial charge is 0.304 e. The van der Waals surface area contributed by atoms with Crippen molar-refractivity contribution in [3.8, 4) is 11.3 Å². The van der Waals surface area contributed by atoms with E-state index in [0.29, 0.717) is 28.9 Å². The molecule has 2 atom stereocenters. The number of aliphatic carboxylic acids is 1. The summed E-state index contributed by atoms with van der Waals surface area (Å²) in [5.41, 5.74) is 0.870. The number of carboxylic acid groups (broad SMARTS) is 1. The Morgan fingerprint density at radius 3 is 2.73 bits per heavy atom. The molecule has 1 fully saturated rings. The first-order valence-electron chi connectivity index (χ1n) is 10.4. The number of anilines is 1. The van der Waals surface area contributed by atoms with Crippen molar-refractivity contribution < 1.29 is 19.1 Å². The molecule has 1 aromatic heterocycles. The molecule has 0 unspecified atom stereocenters. The highest BCUT2D eigenvalue weighted by Crippen LogP contribution is 2.41. The van der Waals surface area contributed by atoms with E-state index in [4.69, 9.17) is 0 Å². The van der Waals surface area contributed by atoms with Gasteiger partial charge in [-0.2, -0.15) is 0 Å². The number of amides is 1. The number of carboxylic acids is 1. The van der Waals surface area contributed by atoms with Crippen molar-refractivity contribution in [1.82, 2.24) is 4.98 Å². The van der Waals surface area contributed by atoms with Crippen LogP contribution in [0.4, 0.5) is 9.52 Å². The van der Waals surface area contributed by atoms with E-state index in [0.717, 1.165) is 32.1 Å². The topological polar surface area (TPSA) is 70.5 Å². The zero-order valence-corrected chi connectivity index (χ0v) is 17.5. The molecule has 7 heteroatoms. The van der Waals surface area contributed by atoms with Gasteiger partial charge in [-0.3, -0.25) is 14.5 Å². The summed E-state index contributed by atoms with van der Waals surface area (Å²) >= 11 is 1.28. The standard InChI is InChI=1S/C23H25FN2O3S/c24-19-11-4-3-10-17(19)20-14-30-23(25-20)26-12-6-5-9-16(15-7-1-2-8-15)18(22(26)29)13-21(27)28/h3-6,10-11,14-16,18H,1-2,7-9,12-13H2,(H,27,28)/b6-5-/t16-,18+/m1/s1. The molecule has 2 aromatic rings. The molecule has 0 radical (unpaired) electrons. The van der Waals surface area contributed by atoms with Crippen LogP contribution >= 0.6 is 11.3 Å². The number of benzene rings is 1. The predicted molar refractivity (Wildman–Crippen MR) is 115 cm³/mol. The van der Waals surface area contributed by atoms with Gasteiger partial charge in [-0.25, -0.2) is 9.37 Å². The van der Waals surface area contributed by atoms with Gasteiger partial charge >= 0.3 is 5.97 Å². The number of halogens is 1. The van der Waals surface area contributed by atoms with E-state index in [1.54, 1.807) is 28.5 Å². The molecule has 0 spiro atoms. The molecule has 5 nitrogen and oxygen atoms in total. The largest absolute Gasteiger partial charge is 0.481 e. The van der Waals surface area contributed by atoms with E-state index in [9.17, 15) is 19.1 Å². The van der Waals surface area contributed by atoms with Crippen LogP contribution in [0.15, 0.2) is 41.8 Å². The van der Waals surface area contributed by atoms with Crippen LogP contribution in [0.2, 0.25) is 0 Å². The number of rotatable bonds is 5. The summed E-state index contributed by atoms with van der Waals surface area (Å²) in [7, 11) is 0. The molecule has 1 aromatic carbocycles. The molecule has 2 aliphatic rings. The first-order chi connectivity index (χ1) is 14.5. The van der Waals surface area contributed by atoms with Gasteiger partial charge in [0.2, 0.25) is 5.91 Å². The minimum Gasteiger partial charge on any atom is -0.481 e. The van der Waals surface area contributed by atoms with E-state index in [-0.39, 0.29) is 24.1 Å². The molecule has 4 rings (SSSR count). The maximum absolute atomic E-state index is 14.2. The lowest BCUT2D eigenvalue weighted by molar-refractivity contribution is -0.142. The lowest BCUT2D eigenvalue weighted by Crippen LogP contribution is -2.43. The van der Waals surface area contributed by atoms with Crippen molar-refractivity contribution in [3.63, 3.8) is 0 Å². The Kier molecular flexibility index (Phi) is 6.27. The number of hydrogen-bond acceptors (Lipinski definition) is 4. The van der Waals surface area contributed by atoms with Gasteiger partial charge in [-0.15, -0.1) is 11.3 Å². The fraction of sp³-hybridized carbons (Fsp3) is 0.435. The molecule has 158 valence electrons. The van der Waals surface area contributed by atoms with Crippen molar-refractivity contribution in [2.45, 2.75) is 38.5 Å². The average molecular weight is 429 g/mol. The summed E-state index contributed by atoms with van der Waals surface area (Å²) in [4.78, 5) is 31.2. The van der Waals surface area contributed by atoms with Crippen molar-refractivity contribution in [1.29, 1.82) is 0 Å². The SMILES string of the molecule is O=C(O)C[C@@H]1C(=O)N(c2nc(-c3ccccc3F)cs2)C/C=C\C[C@@H]1C1CCCC1. The Morgan fingerprint density at radius 1 is 1.23 bits per heavy atom. The quantitative estimate of drug-likeness (QED) is 0.670. The van der Waals surface area contributed by atoms with Gasteiger partial charge in [0.1, 0.15) is 5.82 Å². The summed E-state index contributed by atoms with van der Waals surface area (Å²) in [6.07, 6.45) is 8.98. The van der Waals surface area contributed by atoms with E-state index >= 15 is 0 Å². The van der Waals surface area contributed by atoms with Gasteiger partial charge in [0.05, 0.1) is 18.0 Å². The zero-order chi connectivity index (χ0) is 21.1. The molecule has 0 saturated heterocycles. The first-order valence-corrected chi connectivity index (χ1v) is 11.3. The lowest BCUT2D eigenvalue weighted by Gasteiger charge is -2.34. The second kappa shape index (κ2) is 9.08. The van der Waals surface area contributed by atoms with Crippen molar-refractivity contribution in [2.24, 2.45) is 17.8 Å². The van der Waals surface area contributed by atoms with Gasteiger partial charge in [0.15, 0.2) is 5.13 Å². The molecular formula is C23H25FN2O3S. The summed E-state index contributed by atoms with van der Waals surface area (Å²) < 4.78 is 14.2. The molecule has 1 saturated carbocycles. The monoisotopic (exact) mass is 428 g/mol. The lowest BCUT2D eigenvalue weighted by atomic mass is 9.75. The van der Waals surface area contributed by atoms with E-state index in [2.05, 4.69) is 11.1 Å². The van der Waals surface area contributed by atoms with Crippen molar-refractivity contribution in [2.75, 3.05) is 11.4 Å². The minimum absolute atomic E-state index is 0.0288. The summed E-state index contributed by atoms with van der Waals surface area (Å²) in [6, 6.07) is 6.41. The highest BCUT2D eigenvalue weighted by atomic mass is 32.1. The Morgan fingerprint density at radius 2 is 2.00 bits per heavy atom. The number of thiazole rings is 1. The van der Waals surface area contributed by atoms with Crippen LogP contribution in [0.3, 0.4) is 0 Å². The maximum atomic E-state index is 14.2. The third-order valence-corrected chi connectivity index (χ3v) is 7.10. The van der Waals surface area contributed by atoms with Crippen LogP contribution in [0, 0.1) is 23.6 Å². The number of hydrogen-bond donors (Lipinski definition) is 1. The number of carbonyl (C=O) groups excluding carboxylic acids is 1. The van der Waals surface area contributed by atoms with Gasteiger partial charge in [0, 0.05) is 17.5 Å². The normalized spacial score (nSPS) is 23.9. The zero-order valence-electron chi connectivity index (χ0n) is 16.7. The summed E-state index contributed by atoms with van der Waals surface area (Å²) in [6.45, 7) is 0.344. The average Bonchev–Trinajstić information content (AvgIpc) is 3.40. The fourth-order valence-electron chi connectivity index (χ4n) is 4.76. The predicted octanol–water partition coefficient (Wildman–Crippen LogP) is 5.14. The second-order valence-electron chi connectivity index (χ2n) is 8.06. The second-order valence-corrected chi connectivity index (χ2v) is 8.90. The summed E-state index contributed by atoms with van der Waals surface area (Å²) in [5.74, 6) is -1.66. The van der Waals surface area contributed by atoms with E-state index in [1.807, 2.05) is 6.08 Å². The number of carbonyl (C=O) groups is 2. The van der Waals surface area contributed by atoms with E-state index in [1.165, 1.54) is 17.4 Å². The molecule has 1 N–H and O–H groups in total. The molecule has 0 bridgehead atoms. The highest BCUT2D eigenvalue weighted by Gasteiger charge is 2.39. The third-order valence-electron chi connectivity index (χ3n) is 6.24. The number of nitrogens with zero attached hydrogens (tertiary/aromatic N) is 2. The van der Waals surface area contributed by atoms with Crippen molar-refractivity contribution >= 4 is 28.3 Å². The van der Waals surface area contributed by atoms with Gasteiger partial charge in [-0.1, -0.05) is 50.0 Å². The maximum Gasteiger partial charge on any atom is 0.304 e. The van der Waals surface area contributed by atoms with Crippen LogP contribution in [-0.4, -0.2) is 28.5 Å². The Balaban J connectivity index is 1.65. The first kappa shape index (κ1) is 20.7. The highest BCUT2D eigenvalue weighted by molar-refractivity contribution is 7.14. The van der Waals surface area contributed by atoms with Crippen LogP contribution in [-0.2, 0) is 9.59 Å². The minimum atomic E-state index is -0.952. The molecule has 2 heterocycles. The fourth-order valence-corrected chi connectivity index (χ4v) is 5.60. The number of aromatic nitrogens is 1. The Labute approximate surface area is 179 Å². The number of allylic oxidation sites excluding steroid dienone is 1. The van der Waals surface area contributed by atoms with Crippen LogP contribution in [0.1, 0.15) is 38.5 Å². The van der Waals surface area contributed by atoms with Gasteiger partial charge in [-0.05, 0) is 30.4 Å². The summed E-state index contributed by atoms with van der Waals surface area (Å²) in [5, 5.41) is 11.7. The molecule has 1 aliphatic heterocycles. The van der Waals surface area contributed by atoms with Crippen LogP contribution in [0.5, 0.6) is 0 Å². The van der Waals surface area contributed by atoms with Crippen molar-refractivity contribution in [3.05, 3.63) is 47.6 Å². The molecule has 1 aliphatic carbocycles. The van der Waals surface area contributed by atoms with Gasteiger partial charge in [0.25, 0.3) is 0 Å². The molecular weight excluding hydrogens is 403 g/mol. The van der Waals surface area contributed by atoms with Gasteiger partial charge < -0.3 is 5.11 Å². The Bertz CT molecular complexity index is 951. The Hall–Kier alpha value is -2.54. The molecule has 30 heavy (non-hydrogen) atoms.